The monoisotopic (exact) mass is 248 g/mol. The molecule has 1 heterocycles. The smallest absolute Gasteiger partial charge is 0.00838 e. The van der Waals surface area contributed by atoms with Gasteiger partial charge in [-0.15, -0.1) is 0 Å². The highest BCUT2D eigenvalue weighted by Crippen LogP contribution is 2.77. The van der Waals surface area contributed by atoms with Crippen LogP contribution in [0, 0.1) is 16.7 Å². The SMILES string of the molecule is CC1SCCC12C(CBr)C2(C)C. The summed E-state index contributed by atoms with van der Waals surface area (Å²) in [6, 6.07) is 0. The number of alkyl halides is 1. The summed E-state index contributed by atoms with van der Waals surface area (Å²) in [7, 11) is 0. The van der Waals surface area contributed by atoms with E-state index >= 15 is 0 Å². The van der Waals surface area contributed by atoms with E-state index in [1.165, 1.54) is 17.5 Å². The molecule has 70 valence electrons. The lowest BCUT2D eigenvalue weighted by Crippen LogP contribution is -2.15. The Kier molecular flexibility index (Phi) is 2.08. The fourth-order valence-corrected chi connectivity index (χ4v) is 6.47. The second-order valence-electron chi connectivity index (χ2n) is 4.73. The molecule has 0 bridgehead atoms. The molecule has 0 aromatic carbocycles. The van der Waals surface area contributed by atoms with Gasteiger partial charge in [0.25, 0.3) is 0 Å². The van der Waals surface area contributed by atoms with Gasteiger partial charge in [-0.05, 0) is 28.9 Å². The quantitative estimate of drug-likeness (QED) is 0.640. The summed E-state index contributed by atoms with van der Waals surface area (Å²) < 4.78 is 0. The van der Waals surface area contributed by atoms with Gasteiger partial charge in [0.2, 0.25) is 0 Å². The molecule has 2 fully saturated rings. The zero-order valence-electron chi connectivity index (χ0n) is 8.06. The molecule has 3 unspecified atom stereocenters. The van der Waals surface area contributed by atoms with E-state index in [1.54, 1.807) is 0 Å². The van der Waals surface area contributed by atoms with Crippen molar-refractivity contribution < 1.29 is 0 Å². The van der Waals surface area contributed by atoms with E-state index in [-0.39, 0.29) is 0 Å². The predicted molar refractivity (Wildman–Crippen MR) is 60.0 cm³/mol. The maximum Gasteiger partial charge on any atom is 0.00838 e. The number of hydrogen-bond donors (Lipinski definition) is 0. The van der Waals surface area contributed by atoms with Gasteiger partial charge < -0.3 is 0 Å². The Morgan fingerprint density at radius 2 is 2.17 bits per heavy atom. The van der Waals surface area contributed by atoms with Gasteiger partial charge in [0.15, 0.2) is 0 Å². The number of thioether (sulfide) groups is 1. The Morgan fingerprint density at radius 3 is 2.50 bits per heavy atom. The van der Waals surface area contributed by atoms with Crippen LogP contribution in [0.1, 0.15) is 27.2 Å². The molecule has 1 saturated heterocycles. The van der Waals surface area contributed by atoms with Crippen LogP contribution in [0.5, 0.6) is 0 Å². The molecular formula is C10H17BrS. The lowest BCUT2D eigenvalue weighted by molar-refractivity contribution is 0.383. The van der Waals surface area contributed by atoms with Crippen molar-refractivity contribution in [2.45, 2.75) is 32.4 Å². The summed E-state index contributed by atoms with van der Waals surface area (Å²) in [5.41, 5.74) is 1.28. The zero-order chi connectivity index (χ0) is 8.98. The van der Waals surface area contributed by atoms with Crippen LogP contribution >= 0.6 is 27.7 Å². The standard InChI is InChI=1S/C10H17BrS/c1-7-10(4-5-12-7)8(6-11)9(10,2)3/h7-8H,4-6H2,1-3H3. The third-order valence-electron chi connectivity index (χ3n) is 4.37. The van der Waals surface area contributed by atoms with Gasteiger partial charge in [0, 0.05) is 10.6 Å². The van der Waals surface area contributed by atoms with Crippen LogP contribution in [0.25, 0.3) is 0 Å². The Balaban J connectivity index is 2.24. The van der Waals surface area contributed by atoms with Crippen LogP contribution in [-0.4, -0.2) is 16.3 Å². The number of hydrogen-bond acceptors (Lipinski definition) is 1. The molecule has 0 amide bonds. The van der Waals surface area contributed by atoms with E-state index in [0.29, 0.717) is 10.8 Å². The number of halogens is 1. The third kappa shape index (κ3) is 0.863. The number of rotatable bonds is 1. The minimum atomic E-state index is 0.597. The maximum atomic E-state index is 3.66. The lowest BCUT2D eigenvalue weighted by Gasteiger charge is -2.17. The average Bonchev–Trinajstić information content (AvgIpc) is 2.33. The Labute approximate surface area is 88.0 Å². The third-order valence-corrected chi connectivity index (χ3v) is 6.38. The van der Waals surface area contributed by atoms with Crippen molar-refractivity contribution in [3.8, 4) is 0 Å². The highest BCUT2D eigenvalue weighted by atomic mass is 79.9. The molecule has 0 N–H and O–H groups in total. The summed E-state index contributed by atoms with van der Waals surface area (Å²) in [5, 5.41) is 2.08. The van der Waals surface area contributed by atoms with Crippen molar-refractivity contribution in [2.75, 3.05) is 11.1 Å². The molecule has 0 aromatic rings. The molecule has 12 heavy (non-hydrogen) atoms. The molecule has 1 saturated carbocycles. The minimum absolute atomic E-state index is 0.597. The molecule has 0 radical (unpaired) electrons. The Bertz CT molecular complexity index is 202. The van der Waals surface area contributed by atoms with E-state index in [1.807, 2.05) is 0 Å². The van der Waals surface area contributed by atoms with Crippen LogP contribution in [0.3, 0.4) is 0 Å². The fraction of sp³-hybridized carbons (Fsp3) is 1.00. The Morgan fingerprint density at radius 1 is 1.50 bits per heavy atom. The van der Waals surface area contributed by atoms with Crippen molar-refractivity contribution >= 4 is 27.7 Å². The molecule has 0 aromatic heterocycles. The van der Waals surface area contributed by atoms with Gasteiger partial charge >= 0.3 is 0 Å². The van der Waals surface area contributed by atoms with E-state index in [0.717, 1.165) is 11.2 Å². The first-order valence-electron chi connectivity index (χ1n) is 4.75. The highest BCUT2D eigenvalue weighted by Gasteiger charge is 2.73. The van der Waals surface area contributed by atoms with Crippen molar-refractivity contribution in [2.24, 2.45) is 16.7 Å². The zero-order valence-corrected chi connectivity index (χ0v) is 10.5. The van der Waals surface area contributed by atoms with Crippen molar-refractivity contribution in [1.29, 1.82) is 0 Å². The summed E-state index contributed by atoms with van der Waals surface area (Å²) >= 11 is 5.82. The molecule has 1 aliphatic carbocycles. The first kappa shape index (κ1) is 9.39. The predicted octanol–water partition coefficient (Wildman–Crippen LogP) is 3.55. The van der Waals surface area contributed by atoms with Gasteiger partial charge in [0.05, 0.1) is 0 Å². The van der Waals surface area contributed by atoms with Crippen LogP contribution in [0.2, 0.25) is 0 Å². The van der Waals surface area contributed by atoms with Gasteiger partial charge in [-0.2, -0.15) is 11.8 Å². The Hall–Kier alpha value is 0.830. The van der Waals surface area contributed by atoms with Gasteiger partial charge in [-0.25, -0.2) is 0 Å². The largest absolute Gasteiger partial charge is 0.158 e. The molecule has 1 aliphatic heterocycles. The van der Waals surface area contributed by atoms with Crippen molar-refractivity contribution in [3.63, 3.8) is 0 Å². The lowest BCUT2D eigenvalue weighted by atomic mass is 9.90. The van der Waals surface area contributed by atoms with Crippen molar-refractivity contribution in [1.82, 2.24) is 0 Å². The topological polar surface area (TPSA) is 0 Å². The van der Waals surface area contributed by atoms with Gasteiger partial charge in [-0.1, -0.05) is 36.7 Å². The first-order valence-corrected chi connectivity index (χ1v) is 6.92. The summed E-state index contributed by atoms with van der Waals surface area (Å²) in [4.78, 5) is 0. The molecule has 1 spiro atoms. The maximum absolute atomic E-state index is 3.66. The summed E-state index contributed by atoms with van der Waals surface area (Å²) in [6.45, 7) is 7.31. The molecular weight excluding hydrogens is 232 g/mol. The molecule has 2 heteroatoms. The second kappa shape index (κ2) is 2.66. The van der Waals surface area contributed by atoms with Crippen LogP contribution in [0.4, 0.5) is 0 Å². The van der Waals surface area contributed by atoms with E-state index < -0.39 is 0 Å². The van der Waals surface area contributed by atoms with Crippen LogP contribution < -0.4 is 0 Å². The van der Waals surface area contributed by atoms with Gasteiger partial charge in [0.1, 0.15) is 0 Å². The molecule has 2 rings (SSSR count). The molecule has 2 aliphatic rings. The van der Waals surface area contributed by atoms with Crippen LogP contribution in [-0.2, 0) is 0 Å². The first-order chi connectivity index (χ1) is 5.57. The van der Waals surface area contributed by atoms with Gasteiger partial charge in [-0.3, -0.25) is 0 Å². The highest BCUT2D eigenvalue weighted by molar-refractivity contribution is 9.09. The average molecular weight is 249 g/mol. The van der Waals surface area contributed by atoms with E-state index in [9.17, 15) is 0 Å². The summed E-state index contributed by atoms with van der Waals surface area (Å²) in [5.74, 6) is 2.31. The molecule has 3 atom stereocenters. The normalized spacial score (nSPS) is 50.0. The minimum Gasteiger partial charge on any atom is -0.158 e. The van der Waals surface area contributed by atoms with Crippen LogP contribution in [0.15, 0.2) is 0 Å². The van der Waals surface area contributed by atoms with Crippen molar-refractivity contribution in [3.05, 3.63) is 0 Å². The van der Waals surface area contributed by atoms with E-state index in [4.69, 9.17) is 0 Å². The van der Waals surface area contributed by atoms with E-state index in [2.05, 4.69) is 48.5 Å². The molecule has 0 nitrogen and oxygen atoms in total. The summed E-state index contributed by atoms with van der Waals surface area (Å²) in [6.07, 6.45) is 1.45. The second-order valence-corrected chi connectivity index (χ2v) is 6.83. The fourth-order valence-electron chi connectivity index (χ4n) is 3.39.